The van der Waals surface area contributed by atoms with Crippen molar-refractivity contribution in [1.82, 2.24) is 24.3 Å². The van der Waals surface area contributed by atoms with E-state index in [9.17, 15) is 4.79 Å². The Morgan fingerprint density at radius 1 is 1.27 bits per heavy atom. The van der Waals surface area contributed by atoms with Gasteiger partial charge in [-0.05, 0) is 57.8 Å². The lowest BCUT2D eigenvalue weighted by Gasteiger charge is -2.36. The Bertz CT molecular complexity index is 732. The molecule has 1 N–H and O–H groups in total. The number of carbonyl (C=O) groups is 1. The fourth-order valence-electron chi connectivity index (χ4n) is 4.05. The van der Waals surface area contributed by atoms with Gasteiger partial charge in [-0.15, -0.1) is 0 Å². The first-order valence-electron chi connectivity index (χ1n) is 9.71. The molecule has 0 aromatic carbocycles. The number of aromatic nitrogens is 3. The molecule has 3 rings (SSSR count). The van der Waals surface area contributed by atoms with E-state index in [-0.39, 0.29) is 5.91 Å². The van der Waals surface area contributed by atoms with Crippen LogP contribution in [0.1, 0.15) is 60.2 Å². The summed E-state index contributed by atoms with van der Waals surface area (Å²) in [4.78, 5) is 18.9. The molecule has 1 fully saturated rings. The maximum atomic E-state index is 12.0. The van der Waals surface area contributed by atoms with Crippen molar-refractivity contribution in [3.8, 4) is 0 Å². The predicted molar refractivity (Wildman–Crippen MR) is 103 cm³/mol. The van der Waals surface area contributed by atoms with Crippen LogP contribution in [0.2, 0.25) is 0 Å². The van der Waals surface area contributed by atoms with Gasteiger partial charge in [0.15, 0.2) is 0 Å². The van der Waals surface area contributed by atoms with Crippen LogP contribution in [0.3, 0.4) is 0 Å². The molecule has 1 saturated heterocycles. The number of aryl methyl sites for hydroxylation is 2. The van der Waals surface area contributed by atoms with Gasteiger partial charge in [-0.2, -0.15) is 0 Å². The molecule has 6 heteroatoms. The third-order valence-corrected chi connectivity index (χ3v) is 5.59. The maximum absolute atomic E-state index is 12.0. The van der Waals surface area contributed by atoms with Gasteiger partial charge in [0.2, 0.25) is 0 Å². The Morgan fingerprint density at radius 3 is 2.81 bits per heavy atom. The lowest BCUT2D eigenvalue weighted by Crippen LogP contribution is -2.35. The molecule has 142 valence electrons. The number of amides is 1. The second-order valence-corrected chi connectivity index (χ2v) is 7.20. The zero-order valence-electron chi connectivity index (χ0n) is 16.2. The molecule has 0 radical (unpaired) electrons. The van der Waals surface area contributed by atoms with E-state index in [1.165, 1.54) is 31.4 Å². The summed E-state index contributed by atoms with van der Waals surface area (Å²) >= 11 is 0. The minimum atomic E-state index is -0.0168. The molecule has 1 aliphatic rings. The van der Waals surface area contributed by atoms with E-state index in [0.717, 1.165) is 37.6 Å². The number of hydrogen-bond donors (Lipinski definition) is 1. The van der Waals surface area contributed by atoms with Crippen molar-refractivity contribution in [1.29, 1.82) is 0 Å². The summed E-state index contributed by atoms with van der Waals surface area (Å²) in [5.74, 6) is 1.07. The number of imidazole rings is 1. The number of nitrogens with one attached hydrogen (secondary N) is 1. The molecule has 2 aromatic rings. The second-order valence-electron chi connectivity index (χ2n) is 7.20. The third-order valence-electron chi connectivity index (χ3n) is 5.59. The van der Waals surface area contributed by atoms with Gasteiger partial charge in [0.1, 0.15) is 11.5 Å². The van der Waals surface area contributed by atoms with Crippen LogP contribution in [0.25, 0.3) is 0 Å². The smallest absolute Gasteiger partial charge is 0.267 e. The Kier molecular flexibility index (Phi) is 6.14. The minimum Gasteiger partial charge on any atom is -0.354 e. The van der Waals surface area contributed by atoms with Crippen LogP contribution in [0.4, 0.5) is 0 Å². The van der Waals surface area contributed by atoms with Gasteiger partial charge in [-0.3, -0.25) is 9.69 Å². The summed E-state index contributed by atoms with van der Waals surface area (Å²) in [5, 5.41) is 2.73. The highest BCUT2D eigenvalue weighted by Gasteiger charge is 2.26. The molecule has 0 bridgehead atoms. The molecule has 3 heterocycles. The second kappa shape index (κ2) is 8.54. The summed E-state index contributed by atoms with van der Waals surface area (Å²) < 4.78 is 4.29. The normalized spacial score (nSPS) is 18.2. The van der Waals surface area contributed by atoms with Crippen LogP contribution in [0.5, 0.6) is 0 Å². The first-order valence-corrected chi connectivity index (χ1v) is 9.71. The minimum absolute atomic E-state index is 0.0168. The van der Waals surface area contributed by atoms with Crippen LogP contribution in [0.15, 0.2) is 24.5 Å². The monoisotopic (exact) mass is 357 g/mol. The van der Waals surface area contributed by atoms with Gasteiger partial charge in [-0.25, -0.2) is 4.98 Å². The lowest BCUT2D eigenvalue weighted by molar-refractivity contribution is 0.0952. The topological polar surface area (TPSA) is 55.1 Å². The van der Waals surface area contributed by atoms with Gasteiger partial charge in [0, 0.05) is 38.7 Å². The quantitative estimate of drug-likeness (QED) is 0.775. The molecule has 1 atom stereocenters. The predicted octanol–water partition coefficient (Wildman–Crippen LogP) is 2.90. The zero-order chi connectivity index (χ0) is 18.5. The number of likely N-dealkylation sites (tertiary alicyclic amines) is 1. The molecule has 1 amide bonds. The van der Waals surface area contributed by atoms with Gasteiger partial charge in [-0.1, -0.05) is 6.42 Å². The summed E-state index contributed by atoms with van der Waals surface area (Å²) in [7, 11) is 3.69. The largest absolute Gasteiger partial charge is 0.354 e. The van der Waals surface area contributed by atoms with Crippen molar-refractivity contribution in [2.45, 2.75) is 51.6 Å². The SMILES string of the molecule is CNC(=O)c1ccc([C@@H]2CCCCN2CCCCn2ccnc2C)n1C. The molecule has 0 unspecified atom stereocenters. The number of rotatable bonds is 7. The standard InChI is InChI=1S/C20H31N5O/c1-16-22-11-15-24(16)12-6-7-14-25-13-5-4-8-18(25)17-9-10-19(23(17)3)20(26)21-2/h9-11,15,18H,4-8,12-14H2,1-3H3,(H,21,26)/t18-/m0/s1. The molecule has 0 spiro atoms. The van der Waals surface area contributed by atoms with Gasteiger partial charge < -0.3 is 14.5 Å². The highest BCUT2D eigenvalue weighted by Crippen LogP contribution is 2.32. The summed E-state index contributed by atoms with van der Waals surface area (Å²) in [5.41, 5.74) is 2.00. The molecule has 26 heavy (non-hydrogen) atoms. The molecule has 6 nitrogen and oxygen atoms in total. The average Bonchev–Trinajstić information content (AvgIpc) is 3.24. The lowest BCUT2D eigenvalue weighted by atomic mass is 9.99. The molecule has 2 aromatic heterocycles. The Morgan fingerprint density at radius 2 is 2.08 bits per heavy atom. The fraction of sp³-hybridized carbons (Fsp3) is 0.600. The van der Waals surface area contributed by atoms with E-state index in [0.29, 0.717) is 6.04 Å². The Hall–Kier alpha value is -2.08. The average molecular weight is 358 g/mol. The number of hydrogen-bond acceptors (Lipinski definition) is 3. The van der Waals surface area contributed by atoms with E-state index >= 15 is 0 Å². The van der Waals surface area contributed by atoms with Crippen LogP contribution in [0, 0.1) is 6.92 Å². The van der Waals surface area contributed by atoms with Crippen LogP contribution in [-0.4, -0.2) is 45.1 Å². The first-order chi connectivity index (χ1) is 12.6. The maximum Gasteiger partial charge on any atom is 0.267 e. The molecule has 0 saturated carbocycles. The van der Waals surface area contributed by atoms with Gasteiger partial charge in [0.05, 0.1) is 6.04 Å². The Labute approximate surface area is 156 Å². The zero-order valence-corrected chi connectivity index (χ0v) is 16.2. The van der Waals surface area contributed by atoms with Crippen molar-refractivity contribution < 1.29 is 4.79 Å². The Balaban J connectivity index is 1.60. The summed E-state index contributed by atoms with van der Waals surface area (Å²) in [6.45, 7) is 5.35. The van der Waals surface area contributed by atoms with E-state index in [2.05, 4.69) is 43.5 Å². The number of nitrogens with zero attached hydrogens (tertiary/aromatic N) is 4. The fourth-order valence-corrected chi connectivity index (χ4v) is 4.05. The highest BCUT2D eigenvalue weighted by atomic mass is 16.1. The summed E-state index contributed by atoms with van der Waals surface area (Å²) in [6, 6.07) is 4.49. The summed E-state index contributed by atoms with van der Waals surface area (Å²) in [6.07, 6.45) is 9.97. The van der Waals surface area contributed by atoms with Crippen LogP contribution < -0.4 is 5.32 Å². The van der Waals surface area contributed by atoms with E-state index < -0.39 is 0 Å². The van der Waals surface area contributed by atoms with Crippen molar-refractivity contribution >= 4 is 5.91 Å². The van der Waals surface area contributed by atoms with Crippen molar-refractivity contribution in [3.63, 3.8) is 0 Å². The number of carbonyl (C=O) groups excluding carboxylic acids is 1. The van der Waals surface area contributed by atoms with Crippen molar-refractivity contribution in [2.24, 2.45) is 7.05 Å². The van der Waals surface area contributed by atoms with Crippen LogP contribution in [-0.2, 0) is 13.6 Å². The molecular formula is C20H31N5O. The van der Waals surface area contributed by atoms with E-state index in [1.807, 2.05) is 19.3 Å². The highest BCUT2D eigenvalue weighted by molar-refractivity contribution is 5.92. The first kappa shape index (κ1) is 18.7. The van der Waals surface area contributed by atoms with E-state index in [1.54, 1.807) is 7.05 Å². The molecule has 1 aliphatic heterocycles. The van der Waals surface area contributed by atoms with Crippen molar-refractivity contribution in [3.05, 3.63) is 41.7 Å². The van der Waals surface area contributed by atoms with E-state index in [4.69, 9.17) is 0 Å². The van der Waals surface area contributed by atoms with Gasteiger partial charge >= 0.3 is 0 Å². The van der Waals surface area contributed by atoms with Crippen LogP contribution >= 0.6 is 0 Å². The van der Waals surface area contributed by atoms with Gasteiger partial charge in [0.25, 0.3) is 5.91 Å². The number of unbranched alkanes of at least 4 members (excludes halogenated alkanes) is 1. The number of piperidine rings is 1. The van der Waals surface area contributed by atoms with Crippen molar-refractivity contribution in [2.75, 3.05) is 20.1 Å². The third kappa shape index (κ3) is 4.01. The molecular weight excluding hydrogens is 326 g/mol. The molecule has 0 aliphatic carbocycles.